The van der Waals surface area contributed by atoms with E-state index < -0.39 is 5.97 Å². The minimum absolute atomic E-state index is 0.0784. The van der Waals surface area contributed by atoms with E-state index in [9.17, 15) is 9.90 Å². The predicted molar refractivity (Wildman–Crippen MR) is 114 cm³/mol. The highest BCUT2D eigenvalue weighted by atomic mass is 16.5. The highest BCUT2D eigenvalue weighted by Gasteiger charge is 2.16. The Morgan fingerprint density at radius 2 is 1.83 bits per heavy atom. The Balaban J connectivity index is 1.82. The van der Waals surface area contributed by atoms with Crippen LogP contribution in [-0.4, -0.2) is 43.9 Å². The first-order valence-corrected chi connectivity index (χ1v) is 9.67. The summed E-state index contributed by atoms with van der Waals surface area (Å²) >= 11 is 0. The molecule has 0 unspecified atom stereocenters. The van der Waals surface area contributed by atoms with Crippen LogP contribution in [0.3, 0.4) is 0 Å². The Morgan fingerprint density at radius 3 is 2.50 bits per heavy atom. The van der Waals surface area contributed by atoms with Crippen molar-refractivity contribution in [1.29, 1.82) is 0 Å². The first-order chi connectivity index (χ1) is 14.6. The van der Waals surface area contributed by atoms with Gasteiger partial charge in [-0.3, -0.25) is 0 Å². The maximum Gasteiger partial charge on any atom is 0.338 e. The number of carboxylic acids is 1. The zero-order chi connectivity index (χ0) is 21.1. The molecule has 0 fully saturated rings. The van der Waals surface area contributed by atoms with Crippen LogP contribution in [0.2, 0.25) is 0 Å². The molecule has 0 amide bonds. The van der Waals surface area contributed by atoms with Gasteiger partial charge in [0.2, 0.25) is 0 Å². The summed E-state index contributed by atoms with van der Waals surface area (Å²) in [4.78, 5) is 22.6. The molecule has 4 aromatic rings. The molecule has 2 aromatic carbocycles. The van der Waals surface area contributed by atoms with Gasteiger partial charge in [0.05, 0.1) is 17.3 Å². The molecule has 2 heterocycles. The van der Waals surface area contributed by atoms with Crippen molar-refractivity contribution in [3.8, 4) is 17.4 Å². The zero-order valence-electron chi connectivity index (χ0n) is 16.7. The van der Waals surface area contributed by atoms with Gasteiger partial charge >= 0.3 is 5.97 Å². The van der Waals surface area contributed by atoms with Gasteiger partial charge in [-0.15, -0.1) is 0 Å². The molecule has 8 nitrogen and oxygen atoms in total. The fourth-order valence-corrected chi connectivity index (χ4v) is 3.18. The van der Waals surface area contributed by atoms with E-state index in [4.69, 9.17) is 9.72 Å². The summed E-state index contributed by atoms with van der Waals surface area (Å²) in [6.45, 7) is 5.62. The van der Waals surface area contributed by atoms with Gasteiger partial charge in [0.1, 0.15) is 17.3 Å². The molecule has 0 saturated carbocycles. The largest absolute Gasteiger partial charge is 0.478 e. The van der Waals surface area contributed by atoms with Crippen LogP contribution >= 0.6 is 0 Å². The monoisotopic (exact) mass is 403 g/mol. The van der Waals surface area contributed by atoms with E-state index in [1.54, 1.807) is 0 Å². The molecule has 8 heteroatoms. The summed E-state index contributed by atoms with van der Waals surface area (Å²) in [5, 5.41) is 14.1. The van der Waals surface area contributed by atoms with E-state index >= 15 is 0 Å². The number of benzene rings is 2. The molecule has 0 atom stereocenters. The highest BCUT2D eigenvalue weighted by Crippen LogP contribution is 2.30. The normalized spacial score (nSPS) is 10.9. The maximum atomic E-state index is 11.2. The van der Waals surface area contributed by atoms with Gasteiger partial charge in [0, 0.05) is 24.7 Å². The van der Waals surface area contributed by atoms with Crippen molar-refractivity contribution in [3.05, 3.63) is 66.5 Å². The summed E-state index contributed by atoms with van der Waals surface area (Å²) in [7, 11) is 0. The number of hydrogen-bond donors (Lipinski definition) is 1. The molecule has 4 rings (SSSR count). The maximum absolute atomic E-state index is 11.2. The van der Waals surface area contributed by atoms with Crippen molar-refractivity contribution in [2.75, 3.05) is 18.0 Å². The molecule has 30 heavy (non-hydrogen) atoms. The van der Waals surface area contributed by atoms with Gasteiger partial charge in [0.25, 0.3) is 5.95 Å². The highest BCUT2D eigenvalue weighted by molar-refractivity contribution is 5.91. The summed E-state index contributed by atoms with van der Waals surface area (Å²) < 4.78 is 7.36. The molecule has 152 valence electrons. The average molecular weight is 403 g/mol. The lowest BCUT2D eigenvalue weighted by Crippen LogP contribution is -2.24. The first-order valence-electron chi connectivity index (χ1n) is 9.67. The number of para-hydroxylation sites is 1. The number of hydrogen-bond acceptors (Lipinski definition) is 6. The molecular formula is C22H21N5O3. The third-order valence-corrected chi connectivity index (χ3v) is 4.71. The van der Waals surface area contributed by atoms with Gasteiger partial charge < -0.3 is 14.7 Å². The van der Waals surface area contributed by atoms with Crippen LogP contribution in [0.4, 0.5) is 5.82 Å². The lowest BCUT2D eigenvalue weighted by Gasteiger charge is -2.22. The van der Waals surface area contributed by atoms with Gasteiger partial charge in [-0.2, -0.15) is 10.1 Å². The van der Waals surface area contributed by atoms with E-state index in [0.29, 0.717) is 11.7 Å². The van der Waals surface area contributed by atoms with Crippen LogP contribution < -0.4 is 9.64 Å². The van der Waals surface area contributed by atoms with Crippen LogP contribution in [-0.2, 0) is 0 Å². The van der Waals surface area contributed by atoms with Crippen LogP contribution in [0.25, 0.3) is 16.9 Å². The second-order valence-corrected chi connectivity index (χ2v) is 6.59. The summed E-state index contributed by atoms with van der Waals surface area (Å²) in [6.07, 6.45) is 2.69. The third-order valence-electron chi connectivity index (χ3n) is 4.71. The van der Waals surface area contributed by atoms with Crippen molar-refractivity contribution in [2.45, 2.75) is 13.8 Å². The molecule has 0 saturated heterocycles. The van der Waals surface area contributed by atoms with E-state index in [1.807, 2.05) is 48.5 Å². The van der Waals surface area contributed by atoms with Crippen LogP contribution in [0.1, 0.15) is 24.2 Å². The molecule has 0 aliphatic heterocycles. The Morgan fingerprint density at radius 1 is 1.07 bits per heavy atom. The second kappa shape index (κ2) is 8.20. The minimum Gasteiger partial charge on any atom is -0.478 e. The summed E-state index contributed by atoms with van der Waals surface area (Å²) in [5.74, 6) is 1.44. The zero-order valence-corrected chi connectivity index (χ0v) is 16.7. The van der Waals surface area contributed by atoms with Gasteiger partial charge in [-0.1, -0.05) is 18.2 Å². The van der Waals surface area contributed by atoms with Crippen molar-refractivity contribution in [1.82, 2.24) is 19.7 Å². The number of nitrogens with zero attached hydrogens (tertiary/aromatic N) is 5. The van der Waals surface area contributed by atoms with E-state index in [0.717, 1.165) is 35.6 Å². The minimum atomic E-state index is -1.05. The van der Waals surface area contributed by atoms with Crippen molar-refractivity contribution >= 4 is 22.7 Å². The third kappa shape index (κ3) is 3.80. The Labute approximate surface area is 173 Å². The second-order valence-electron chi connectivity index (χ2n) is 6.59. The molecule has 0 spiro atoms. The fraction of sp³-hybridized carbons (Fsp3) is 0.182. The Bertz CT molecular complexity index is 1190. The van der Waals surface area contributed by atoms with Crippen LogP contribution in [0.5, 0.6) is 11.5 Å². The fourth-order valence-electron chi connectivity index (χ4n) is 3.18. The van der Waals surface area contributed by atoms with E-state index in [-0.39, 0.29) is 5.56 Å². The lowest BCUT2D eigenvalue weighted by atomic mass is 10.2. The molecule has 0 radical (unpaired) electrons. The van der Waals surface area contributed by atoms with Gasteiger partial charge in [-0.05, 0) is 44.2 Å². The van der Waals surface area contributed by atoms with Crippen LogP contribution in [0, 0.1) is 0 Å². The van der Waals surface area contributed by atoms with Gasteiger partial charge in [-0.25, -0.2) is 14.5 Å². The van der Waals surface area contributed by atoms with Crippen molar-refractivity contribution in [2.24, 2.45) is 0 Å². The topological polar surface area (TPSA) is 93.4 Å². The smallest absolute Gasteiger partial charge is 0.338 e. The van der Waals surface area contributed by atoms with Gasteiger partial charge in [0.15, 0.2) is 0 Å². The number of anilines is 1. The SMILES string of the molecule is CCN(CC)c1nc(-n2cc(C(=O)O)cn2)nc2ccc(Oc3ccccc3)cc12. The molecule has 2 aromatic heterocycles. The Kier molecular flexibility index (Phi) is 5.30. The lowest BCUT2D eigenvalue weighted by molar-refractivity contribution is 0.0697. The molecular weight excluding hydrogens is 382 g/mol. The predicted octanol–water partition coefficient (Wildman–Crippen LogP) is 4.15. The number of aromatic carboxylic acids is 1. The number of fused-ring (bicyclic) bond motifs is 1. The summed E-state index contributed by atoms with van der Waals surface area (Å²) in [5.41, 5.74) is 0.796. The number of rotatable bonds is 7. The number of carboxylic acid groups (broad SMARTS) is 1. The number of aromatic nitrogens is 4. The molecule has 1 N–H and O–H groups in total. The number of ether oxygens (including phenoxy) is 1. The average Bonchev–Trinajstić information content (AvgIpc) is 3.26. The van der Waals surface area contributed by atoms with Crippen molar-refractivity contribution in [3.63, 3.8) is 0 Å². The van der Waals surface area contributed by atoms with Crippen molar-refractivity contribution < 1.29 is 14.6 Å². The standard InChI is InChI=1S/C22H21N5O3/c1-3-26(4-2)20-18-12-17(30-16-8-6-5-7-9-16)10-11-19(18)24-22(25-20)27-14-15(13-23-27)21(28)29/h5-14H,3-4H2,1-2H3,(H,28,29). The Hall–Kier alpha value is -3.94. The van der Waals surface area contributed by atoms with E-state index in [2.05, 4.69) is 28.8 Å². The summed E-state index contributed by atoms with van der Waals surface area (Å²) in [6, 6.07) is 15.2. The first kappa shape index (κ1) is 19.4. The molecule has 0 bridgehead atoms. The molecule has 0 aliphatic rings. The number of carbonyl (C=O) groups is 1. The van der Waals surface area contributed by atoms with Crippen LogP contribution in [0.15, 0.2) is 60.9 Å². The van der Waals surface area contributed by atoms with E-state index in [1.165, 1.54) is 17.1 Å². The molecule has 0 aliphatic carbocycles. The quantitative estimate of drug-likeness (QED) is 0.495.